The van der Waals surface area contributed by atoms with E-state index in [2.05, 4.69) is 11.9 Å². The van der Waals surface area contributed by atoms with Crippen LogP contribution in [-0.2, 0) is 13.5 Å². The van der Waals surface area contributed by atoms with Gasteiger partial charge in [-0.25, -0.2) is 9.78 Å². The van der Waals surface area contributed by atoms with Crippen LogP contribution in [-0.4, -0.2) is 20.6 Å². The van der Waals surface area contributed by atoms with Gasteiger partial charge in [-0.15, -0.1) is 0 Å². The maximum absolute atomic E-state index is 10.7. The highest BCUT2D eigenvalue weighted by Crippen LogP contribution is 2.09. The van der Waals surface area contributed by atoms with Crippen molar-refractivity contribution in [1.82, 2.24) is 9.55 Å². The van der Waals surface area contributed by atoms with Gasteiger partial charge in [-0.2, -0.15) is 0 Å². The molecule has 13 heavy (non-hydrogen) atoms. The summed E-state index contributed by atoms with van der Waals surface area (Å²) in [5, 5.41) is 8.80. The number of rotatable bonds is 4. The van der Waals surface area contributed by atoms with Crippen LogP contribution < -0.4 is 0 Å². The summed E-state index contributed by atoms with van der Waals surface area (Å²) >= 11 is 0. The van der Waals surface area contributed by atoms with Crippen molar-refractivity contribution >= 4 is 5.97 Å². The summed E-state index contributed by atoms with van der Waals surface area (Å²) < 4.78 is 1.78. The minimum atomic E-state index is -0.938. The number of hydrogen-bond donors (Lipinski definition) is 1. The smallest absolute Gasteiger partial charge is 0.356 e. The van der Waals surface area contributed by atoms with E-state index in [0.717, 1.165) is 25.0 Å². The minimum absolute atomic E-state index is 0.191. The molecule has 1 heterocycles. The number of hydrogen-bond acceptors (Lipinski definition) is 2. The third-order valence-corrected chi connectivity index (χ3v) is 2.03. The molecule has 0 saturated carbocycles. The van der Waals surface area contributed by atoms with Gasteiger partial charge in [0.25, 0.3) is 0 Å². The van der Waals surface area contributed by atoms with Crippen molar-refractivity contribution in [3.05, 3.63) is 17.7 Å². The summed E-state index contributed by atoms with van der Waals surface area (Å²) in [5.74, 6) is -0.938. The number of carboxylic acids is 1. The number of nitrogens with zero attached hydrogens (tertiary/aromatic N) is 2. The Hall–Kier alpha value is -1.32. The second kappa shape index (κ2) is 4.07. The predicted molar refractivity (Wildman–Crippen MR) is 48.8 cm³/mol. The fraction of sp³-hybridized carbons (Fsp3) is 0.556. The lowest BCUT2D eigenvalue weighted by Gasteiger charge is -2.01. The molecule has 0 fully saturated rings. The van der Waals surface area contributed by atoms with E-state index in [-0.39, 0.29) is 5.69 Å². The van der Waals surface area contributed by atoms with Crippen LogP contribution in [0.3, 0.4) is 0 Å². The molecule has 1 aromatic rings. The van der Waals surface area contributed by atoms with Crippen LogP contribution in [0, 0.1) is 0 Å². The average Bonchev–Trinajstić information content (AvgIpc) is 2.43. The quantitative estimate of drug-likeness (QED) is 0.767. The second-order valence-corrected chi connectivity index (χ2v) is 3.06. The molecule has 1 rings (SSSR count). The molecular formula is C9H14N2O2. The van der Waals surface area contributed by atoms with Crippen LogP contribution >= 0.6 is 0 Å². The van der Waals surface area contributed by atoms with Gasteiger partial charge in [0.15, 0.2) is 5.69 Å². The SMILES string of the molecule is CCCCc1c(C(=O)O)ncn1C. The first-order valence-electron chi connectivity index (χ1n) is 4.40. The number of imidazole rings is 1. The number of carboxylic acid groups (broad SMARTS) is 1. The Balaban J connectivity index is 2.88. The number of aromatic carboxylic acids is 1. The molecule has 1 N–H and O–H groups in total. The molecule has 0 unspecified atom stereocenters. The first-order valence-corrected chi connectivity index (χ1v) is 4.40. The highest BCUT2D eigenvalue weighted by Gasteiger charge is 2.14. The van der Waals surface area contributed by atoms with E-state index in [1.807, 2.05) is 7.05 Å². The minimum Gasteiger partial charge on any atom is -0.476 e. The lowest BCUT2D eigenvalue weighted by atomic mass is 10.1. The average molecular weight is 182 g/mol. The zero-order valence-corrected chi connectivity index (χ0v) is 7.95. The van der Waals surface area contributed by atoms with Gasteiger partial charge in [-0.3, -0.25) is 0 Å². The highest BCUT2D eigenvalue weighted by atomic mass is 16.4. The maximum Gasteiger partial charge on any atom is 0.356 e. The highest BCUT2D eigenvalue weighted by molar-refractivity contribution is 5.86. The van der Waals surface area contributed by atoms with Crippen LogP contribution in [0.15, 0.2) is 6.33 Å². The lowest BCUT2D eigenvalue weighted by molar-refractivity contribution is 0.0689. The van der Waals surface area contributed by atoms with Gasteiger partial charge >= 0.3 is 5.97 Å². The van der Waals surface area contributed by atoms with E-state index in [4.69, 9.17) is 5.11 Å². The van der Waals surface area contributed by atoms with Gasteiger partial charge in [0, 0.05) is 7.05 Å². The first kappa shape index (κ1) is 9.77. The third kappa shape index (κ3) is 2.08. The predicted octanol–water partition coefficient (Wildman–Crippen LogP) is 1.46. The monoisotopic (exact) mass is 182 g/mol. The molecule has 0 amide bonds. The van der Waals surface area contributed by atoms with Crippen molar-refractivity contribution in [1.29, 1.82) is 0 Å². The van der Waals surface area contributed by atoms with E-state index >= 15 is 0 Å². The van der Waals surface area contributed by atoms with E-state index in [0.29, 0.717) is 0 Å². The molecule has 0 spiro atoms. The Morgan fingerprint density at radius 2 is 2.38 bits per heavy atom. The van der Waals surface area contributed by atoms with E-state index in [1.165, 1.54) is 0 Å². The zero-order chi connectivity index (χ0) is 9.84. The molecule has 0 bridgehead atoms. The Bertz CT molecular complexity index is 305. The second-order valence-electron chi connectivity index (χ2n) is 3.06. The van der Waals surface area contributed by atoms with Crippen LogP contribution in [0.4, 0.5) is 0 Å². The molecular weight excluding hydrogens is 168 g/mol. The number of unbranched alkanes of at least 4 members (excludes halogenated alkanes) is 1. The van der Waals surface area contributed by atoms with Crippen molar-refractivity contribution in [3.8, 4) is 0 Å². The molecule has 0 aliphatic carbocycles. The molecule has 0 radical (unpaired) electrons. The fourth-order valence-electron chi connectivity index (χ4n) is 1.27. The van der Waals surface area contributed by atoms with Gasteiger partial charge in [-0.05, 0) is 12.8 Å². The van der Waals surface area contributed by atoms with Gasteiger partial charge < -0.3 is 9.67 Å². The fourth-order valence-corrected chi connectivity index (χ4v) is 1.27. The normalized spacial score (nSPS) is 10.3. The molecule has 0 aliphatic heterocycles. The molecule has 1 aromatic heterocycles. The number of aryl methyl sites for hydroxylation is 1. The van der Waals surface area contributed by atoms with Crippen molar-refractivity contribution in [2.24, 2.45) is 7.05 Å². The number of aromatic nitrogens is 2. The van der Waals surface area contributed by atoms with Crippen molar-refractivity contribution < 1.29 is 9.90 Å². The van der Waals surface area contributed by atoms with Gasteiger partial charge in [-0.1, -0.05) is 13.3 Å². The summed E-state index contributed by atoms with van der Waals surface area (Å²) in [4.78, 5) is 14.6. The topological polar surface area (TPSA) is 55.1 Å². The molecule has 0 saturated heterocycles. The largest absolute Gasteiger partial charge is 0.476 e. The zero-order valence-electron chi connectivity index (χ0n) is 7.95. The van der Waals surface area contributed by atoms with Crippen LogP contribution in [0.1, 0.15) is 35.9 Å². The van der Waals surface area contributed by atoms with Crippen molar-refractivity contribution in [2.75, 3.05) is 0 Å². The van der Waals surface area contributed by atoms with Crippen LogP contribution in [0.5, 0.6) is 0 Å². The molecule has 0 atom stereocenters. The Morgan fingerprint density at radius 1 is 1.69 bits per heavy atom. The summed E-state index contributed by atoms with van der Waals surface area (Å²) in [7, 11) is 1.82. The standard InChI is InChI=1S/C9H14N2O2/c1-3-4-5-7-8(9(12)13)10-6-11(7)2/h6H,3-5H2,1-2H3,(H,12,13). The van der Waals surface area contributed by atoms with Gasteiger partial charge in [0.05, 0.1) is 12.0 Å². The van der Waals surface area contributed by atoms with Crippen LogP contribution in [0.25, 0.3) is 0 Å². The molecule has 4 nitrogen and oxygen atoms in total. The molecule has 72 valence electrons. The third-order valence-electron chi connectivity index (χ3n) is 2.03. The molecule has 4 heteroatoms. The Labute approximate surface area is 77.2 Å². The van der Waals surface area contributed by atoms with Crippen molar-refractivity contribution in [3.63, 3.8) is 0 Å². The molecule has 0 aliphatic rings. The lowest BCUT2D eigenvalue weighted by Crippen LogP contribution is -2.04. The maximum atomic E-state index is 10.7. The Morgan fingerprint density at radius 3 is 2.92 bits per heavy atom. The van der Waals surface area contributed by atoms with E-state index in [1.54, 1.807) is 10.9 Å². The van der Waals surface area contributed by atoms with Crippen LogP contribution in [0.2, 0.25) is 0 Å². The summed E-state index contributed by atoms with van der Waals surface area (Å²) in [6.07, 6.45) is 4.40. The summed E-state index contributed by atoms with van der Waals surface area (Å²) in [5.41, 5.74) is 1.00. The summed E-state index contributed by atoms with van der Waals surface area (Å²) in [6.45, 7) is 2.08. The Kier molecular flexibility index (Phi) is 3.06. The van der Waals surface area contributed by atoms with Gasteiger partial charge in [0.1, 0.15) is 0 Å². The van der Waals surface area contributed by atoms with E-state index in [9.17, 15) is 4.79 Å². The first-order chi connectivity index (χ1) is 6.16. The van der Waals surface area contributed by atoms with Crippen molar-refractivity contribution in [2.45, 2.75) is 26.2 Å². The van der Waals surface area contributed by atoms with Gasteiger partial charge in [0.2, 0.25) is 0 Å². The molecule has 0 aromatic carbocycles. The van der Waals surface area contributed by atoms with E-state index < -0.39 is 5.97 Å². The summed E-state index contributed by atoms with van der Waals surface area (Å²) in [6, 6.07) is 0. The number of carbonyl (C=O) groups is 1.